The Hall–Kier alpha value is -1.79. The molecule has 4 fully saturated rings. The van der Waals surface area contributed by atoms with Gasteiger partial charge in [-0.05, 0) is 76.0 Å². The second-order valence-corrected chi connectivity index (χ2v) is 11.3. The Morgan fingerprint density at radius 2 is 1.73 bits per heavy atom. The van der Waals surface area contributed by atoms with Crippen LogP contribution in [0.5, 0.6) is 5.88 Å². The minimum absolute atomic E-state index is 0.161. The maximum absolute atomic E-state index is 10.6. The summed E-state index contributed by atoms with van der Waals surface area (Å²) in [6.45, 7) is 5.10. The molecule has 6 rings (SSSR count). The summed E-state index contributed by atoms with van der Waals surface area (Å²) in [6, 6.07) is 0. The van der Waals surface area contributed by atoms with Crippen LogP contribution in [-0.2, 0) is 6.42 Å². The van der Waals surface area contributed by atoms with Gasteiger partial charge in [0.2, 0.25) is 5.88 Å². The van der Waals surface area contributed by atoms with Crippen molar-refractivity contribution in [3.63, 3.8) is 0 Å². The van der Waals surface area contributed by atoms with Gasteiger partial charge in [-0.2, -0.15) is 0 Å². The summed E-state index contributed by atoms with van der Waals surface area (Å²) in [5, 5.41) is 21.4. The number of aliphatic hydroxyl groups excluding tert-OH is 1. The molecule has 6 heteroatoms. The van der Waals surface area contributed by atoms with Gasteiger partial charge >= 0.3 is 0 Å². The highest BCUT2D eigenvalue weighted by Crippen LogP contribution is 2.52. The van der Waals surface area contributed by atoms with Crippen LogP contribution in [0.4, 0.5) is 0 Å². The van der Waals surface area contributed by atoms with E-state index in [1.54, 1.807) is 0 Å². The van der Waals surface area contributed by atoms with Gasteiger partial charge < -0.3 is 14.9 Å². The standard InChI is InChI=1S/C27H39N3O3/c1-3-18(2)14-23-28-16-22-24(30-23)21(19-4-6-20(31)7-5-19)15-29-25(22)33-17-26-8-11-27(32,12-9-26)13-10-26/h15-16,18-20,31-32H,3-14,17H2,1-2H3/t18-,19?,20?,26?,27?/m0/s1. The van der Waals surface area contributed by atoms with Gasteiger partial charge in [0, 0.05) is 29.8 Å². The van der Waals surface area contributed by atoms with Crippen molar-refractivity contribution in [3.8, 4) is 5.88 Å². The van der Waals surface area contributed by atoms with Crippen LogP contribution in [0.2, 0.25) is 0 Å². The van der Waals surface area contributed by atoms with Crippen LogP contribution in [-0.4, -0.2) is 43.5 Å². The highest BCUT2D eigenvalue weighted by atomic mass is 16.5. The van der Waals surface area contributed by atoms with Gasteiger partial charge in [0.05, 0.1) is 29.2 Å². The minimum Gasteiger partial charge on any atom is -0.477 e. The first-order valence-corrected chi connectivity index (χ1v) is 13.1. The molecular formula is C27H39N3O3. The van der Waals surface area contributed by atoms with Gasteiger partial charge in [-0.25, -0.2) is 15.0 Å². The normalized spacial score (nSPS) is 32.7. The summed E-state index contributed by atoms with van der Waals surface area (Å²) in [4.78, 5) is 14.5. The van der Waals surface area contributed by atoms with Gasteiger partial charge in [-0.1, -0.05) is 20.3 Å². The Bertz CT molecular complexity index is 961. The summed E-state index contributed by atoms with van der Waals surface area (Å²) < 4.78 is 6.40. The summed E-state index contributed by atoms with van der Waals surface area (Å²) in [7, 11) is 0. The first kappa shape index (κ1) is 23.0. The molecule has 6 nitrogen and oxygen atoms in total. The molecule has 0 aromatic carbocycles. The fourth-order valence-electron chi connectivity index (χ4n) is 6.09. The number of pyridine rings is 1. The lowest BCUT2D eigenvalue weighted by molar-refractivity contribution is -0.104. The molecule has 0 radical (unpaired) electrons. The maximum atomic E-state index is 10.6. The predicted molar refractivity (Wildman–Crippen MR) is 128 cm³/mol. The molecule has 180 valence electrons. The molecule has 0 spiro atoms. The molecule has 2 N–H and O–H groups in total. The van der Waals surface area contributed by atoms with Gasteiger partial charge in [-0.15, -0.1) is 0 Å². The molecule has 0 amide bonds. The molecule has 2 bridgehead atoms. The van der Waals surface area contributed by atoms with Crippen LogP contribution in [0.1, 0.15) is 102 Å². The Balaban J connectivity index is 1.43. The fourth-order valence-corrected chi connectivity index (χ4v) is 6.09. The number of aromatic nitrogens is 3. The third-order valence-corrected chi connectivity index (χ3v) is 8.91. The summed E-state index contributed by atoms with van der Waals surface area (Å²) in [5.74, 6) is 2.45. The van der Waals surface area contributed by atoms with Crippen molar-refractivity contribution in [2.24, 2.45) is 11.3 Å². The van der Waals surface area contributed by atoms with E-state index in [2.05, 4.69) is 13.8 Å². The van der Waals surface area contributed by atoms with Gasteiger partial charge in [0.15, 0.2) is 0 Å². The minimum atomic E-state index is -0.429. The second kappa shape index (κ2) is 9.10. The van der Waals surface area contributed by atoms with Crippen molar-refractivity contribution < 1.29 is 14.9 Å². The van der Waals surface area contributed by atoms with E-state index in [4.69, 9.17) is 19.7 Å². The Morgan fingerprint density at radius 1 is 1.03 bits per heavy atom. The van der Waals surface area contributed by atoms with E-state index >= 15 is 0 Å². The van der Waals surface area contributed by atoms with Crippen molar-refractivity contribution in [2.45, 2.75) is 109 Å². The van der Waals surface area contributed by atoms with Crippen molar-refractivity contribution in [2.75, 3.05) is 6.61 Å². The number of fused-ring (bicyclic) bond motifs is 4. The quantitative estimate of drug-likeness (QED) is 0.607. The average Bonchev–Trinajstić information content (AvgIpc) is 2.84. The molecule has 33 heavy (non-hydrogen) atoms. The number of hydrogen-bond donors (Lipinski definition) is 2. The van der Waals surface area contributed by atoms with E-state index in [1.807, 2.05) is 12.4 Å². The molecular weight excluding hydrogens is 414 g/mol. The predicted octanol–water partition coefficient (Wildman–Crippen LogP) is 5.10. The first-order valence-electron chi connectivity index (χ1n) is 13.1. The average molecular weight is 454 g/mol. The van der Waals surface area contributed by atoms with Crippen LogP contribution in [0.15, 0.2) is 12.4 Å². The van der Waals surface area contributed by atoms with E-state index in [9.17, 15) is 10.2 Å². The van der Waals surface area contributed by atoms with Gasteiger partial charge in [0.25, 0.3) is 0 Å². The molecule has 0 saturated heterocycles. The number of aliphatic hydroxyl groups is 2. The summed E-state index contributed by atoms with van der Waals surface area (Å²) in [6.07, 6.45) is 15.0. The Morgan fingerprint density at radius 3 is 2.39 bits per heavy atom. The van der Waals surface area contributed by atoms with Crippen molar-refractivity contribution in [3.05, 3.63) is 23.8 Å². The number of rotatable bonds is 7. The molecule has 4 aliphatic rings. The molecule has 2 heterocycles. The van der Waals surface area contributed by atoms with Crippen LogP contribution in [0, 0.1) is 11.3 Å². The molecule has 0 aliphatic heterocycles. The number of ether oxygens (including phenoxy) is 1. The van der Waals surface area contributed by atoms with E-state index in [0.29, 0.717) is 24.3 Å². The SMILES string of the molecule is CC[C@H](C)Cc1ncc2c(OCC34CCC(O)(CC3)CC4)ncc(C3CCC(O)CC3)c2n1. The molecule has 2 aromatic heterocycles. The largest absolute Gasteiger partial charge is 0.477 e. The van der Waals surface area contributed by atoms with Crippen LogP contribution >= 0.6 is 0 Å². The van der Waals surface area contributed by atoms with Gasteiger partial charge in [0.1, 0.15) is 5.82 Å². The van der Waals surface area contributed by atoms with E-state index < -0.39 is 5.60 Å². The summed E-state index contributed by atoms with van der Waals surface area (Å²) in [5.41, 5.74) is 1.89. The van der Waals surface area contributed by atoms with E-state index in [1.165, 1.54) is 5.56 Å². The summed E-state index contributed by atoms with van der Waals surface area (Å²) >= 11 is 0. The lowest BCUT2D eigenvalue weighted by Crippen LogP contribution is -2.48. The third kappa shape index (κ3) is 4.74. The lowest BCUT2D eigenvalue weighted by Gasteiger charge is -2.50. The maximum Gasteiger partial charge on any atom is 0.224 e. The molecule has 2 aromatic rings. The third-order valence-electron chi connectivity index (χ3n) is 8.91. The van der Waals surface area contributed by atoms with E-state index in [0.717, 1.165) is 93.8 Å². The van der Waals surface area contributed by atoms with Crippen LogP contribution in [0.3, 0.4) is 0 Å². The monoisotopic (exact) mass is 453 g/mol. The molecule has 0 unspecified atom stereocenters. The molecule has 4 saturated carbocycles. The number of hydrogen-bond acceptors (Lipinski definition) is 6. The Kier molecular flexibility index (Phi) is 6.34. The molecule has 1 atom stereocenters. The first-order chi connectivity index (χ1) is 15.9. The Labute approximate surface area is 197 Å². The zero-order valence-electron chi connectivity index (χ0n) is 20.2. The zero-order chi connectivity index (χ0) is 23.1. The van der Waals surface area contributed by atoms with E-state index in [-0.39, 0.29) is 11.5 Å². The van der Waals surface area contributed by atoms with Crippen molar-refractivity contribution >= 4 is 10.9 Å². The zero-order valence-corrected chi connectivity index (χ0v) is 20.2. The highest BCUT2D eigenvalue weighted by molar-refractivity contribution is 5.85. The van der Waals surface area contributed by atoms with Crippen molar-refractivity contribution in [1.29, 1.82) is 0 Å². The van der Waals surface area contributed by atoms with Crippen molar-refractivity contribution in [1.82, 2.24) is 15.0 Å². The number of nitrogens with zero attached hydrogens (tertiary/aromatic N) is 3. The van der Waals surface area contributed by atoms with Gasteiger partial charge in [-0.3, -0.25) is 0 Å². The second-order valence-electron chi connectivity index (χ2n) is 11.3. The smallest absolute Gasteiger partial charge is 0.224 e. The fraction of sp³-hybridized carbons (Fsp3) is 0.741. The highest BCUT2D eigenvalue weighted by Gasteiger charge is 2.48. The van der Waals surface area contributed by atoms with Crippen LogP contribution < -0.4 is 4.74 Å². The topological polar surface area (TPSA) is 88.4 Å². The molecule has 4 aliphatic carbocycles. The van der Waals surface area contributed by atoms with Crippen LogP contribution in [0.25, 0.3) is 10.9 Å². The lowest BCUT2D eigenvalue weighted by atomic mass is 9.59.